The standard InChI is InChI=1S/C28H32N4O5/c1-2-15-35-24-11-9-22(10-12-24)31-23-18-29-27(30-19-23)37-17-5-3-4-16-36-26-8-6-7-21-20-32(28(33)34)14-13-25(21)26/h2,6-12,18-19,31H,1,3-5,13-17,20H2,(H,33,34). The van der Waals surface area contributed by atoms with Gasteiger partial charge in [0.25, 0.3) is 0 Å². The van der Waals surface area contributed by atoms with Crippen LogP contribution in [0.4, 0.5) is 16.2 Å². The molecular formula is C28H32N4O5. The minimum absolute atomic E-state index is 0.348. The van der Waals surface area contributed by atoms with Crippen molar-refractivity contribution >= 4 is 17.5 Å². The summed E-state index contributed by atoms with van der Waals surface area (Å²) in [5.41, 5.74) is 3.81. The lowest BCUT2D eigenvalue weighted by atomic mass is 9.99. The van der Waals surface area contributed by atoms with Gasteiger partial charge in [0.2, 0.25) is 0 Å². The molecule has 4 rings (SSSR count). The Morgan fingerprint density at radius 2 is 1.76 bits per heavy atom. The van der Waals surface area contributed by atoms with Gasteiger partial charge in [0.15, 0.2) is 0 Å². The molecule has 0 aliphatic carbocycles. The van der Waals surface area contributed by atoms with Crippen LogP contribution in [0.2, 0.25) is 0 Å². The predicted octanol–water partition coefficient (Wildman–Crippen LogP) is 5.45. The third kappa shape index (κ3) is 7.60. The lowest BCUT2D eigenvalue weighted by Gasteiger charge is -2.27. The fraction of sp³-hybridized carbons (Fsp3) is 0.321. The minimum atomic E-state index is -0.881. The Hall–Kier alpha value is -4.27. The number of aromatic nitrogens is 2. The summed E-state index contributed by atoms with van der Waals surface area (Å²) in [4.78, 5) is 21.2. The van der Waals surface area contributed by atoms with Crippen molar-refractivity contribution in [3.63, 3.8) is 0 Å². The van der Waals surface area contributed by atoms with Crippen molar-refractivity contribution < 1.29 is 24.1 Å². The number of rotatable bonds is 13. The first kappa shape index (κ1) is 25.8. The molecule has 9 heteroatoms. The molecule has 0 fully saturated rings. The summed E-state index contributed by atoms with van der Waals surface area (Å²) in [7, 11) is 0. The van der Waals surface area contributed by atoms with Gasteiger partial charge in [-0.05, 0) is 61.6 Å². The van der Waals surface area contributed by atoms with E-state index < -0.39 is 6.09 Å². The van der Waals surface area contributed by atoms with Crippen LogP contribution in [0.25, 0.3) is 0 Å². The number of hydrogen-bond donors (Lipinski definition) is 2. The summed E-state index contributed by atoms with van der Waals surface area (Å²) >= 11 is 0. The maximum absolute atomic E-state index is 11.2. The van der Waals surface area contributed by atoms with Crippen molar-refractivity contribution in [1.82, 2.24) is 14.9 Å². The van der Waals surface area contributed by atoms with E-state index in [1.54, 1.807) is 18.5 Å². The van der Waals surface area contributed by atoms with Gasteiger partial charge in [-0.1, -0.05) is 24.8 Å². The number of unbranched alkanes of at least 4 members (excludes halogenated alkanes) is 2. The van der Waals surface area contributed by atoms with E-state index in [9.17, 15) is 9.90 Å². The van der Waals surface area contributed by atoms with Gasteiger partial charge in [0.05, 0.1) is 31.3 Å². The van der Waals surface area contributed by atoms with Crippen LogP contribution in [-0.2, 0) is 13.0 Å². The molecule has 1 amide bonds. The van der Waals surface area contributed by atoms with Crippen LogP contribution in [0.15, 0.2) is 67.5 Å². The van der Waals surface area contributed by atoms with Gasteiger partial charge in [0.1, 0.15) is 18.1 Å². The van der Waals surface area contributed by atoms with Crippen LogP contribution in [0, 0.1) is 0 Å². The predicted molar refractivity (Wildman–Crippen MR) is 141 cm³/mol. The Kier molecular flexibility index (Phi) is 9.18. The van der Waals surface area contributed by atoms with Crippen LogP contribution < -0.4 is 19.5 Å². The van der Waals surface area contributed by atoms with Gasteiger partial charge in [-0.25, -0.2) is 14.8 Å². The Balaban J connectivity index is 1.12. The second-order valence-electron chi connectivity index (χ2n) is 8.61. The highest BCUT2D eigenvalue weighted by molar-refractivity contribution is 5.66. The number of anilines is 2. The molecule has 3 aromatic rings. The van der Waals surface area contributed by atoms with Crippen molar-refractivity contribution in [2.24, 2.45) is 0 Å². The van der Waals surface area contributed by atoms with Crippen LogP contribution in [0.1, 0.15) is 30.4 Å². The summed E-state index contributed by atoms with van der Waals surface area (Å²) in [6.45, 7) is 6.17. The molecule has 0 radical (unpaired) electrons. The lowest BCUT2D eigenvalue weighted by Crippen LogP contribution is -2.34. The summed E-state index contributed by atoms with van der Waals surface area (Å²) in [5, 5.41) is 12.5. The molecule has 37 heavy (non-hydrogen) atoms. The number of hydrogen-bond acceptors (Lipinski definition) is 7. The van der Waals surface area contributed by atoms with Gasteiger partial charge in [-0.3, -0.25) is 0 Å². The van der Waals surface area contributed by atoms with E-state index in [0.717, 1.165) is 53.3 Å². The molecule has 0 unspecified atom stereocenters. The molecule has 1 aliphatic rings. The average molecular weight is 505 g/mol. The fourth-order valence-corrected chi connectivity index (χ4v) is 4.01. The van der Waals surface area contributed by atoms with Gasteiger partial charge in [0, 0.05) is 24.3 Å². The summed E-state index contributed by atoms with van der Waals surface area (Å²) in [6.07, 6.45) is 7.60. The van der Waals surface area contributed by atoms with Crippen molar-refractivity contribution in [3.8, 4) is 17.5 Å². The molecular weight excluding hydrogens is 472 g/mol. The average Bonchev–Trinajstić information content (AvgIpc) is 2.92. The Bertz CT molecular complexity index is 1170. The highest BCUT2D eigenvalue weighted by Gasteiger charge is 2.22. The largest absolute Gasteiger partial charge is 0.493 e. The number of carbonyl (C=O) groups is 1. The molecule has 1 aliphatic heterocycles. The highest BCUT2D eigenvalue weighted by atomic mass is 16.5. The molecule has 0 saturated heterocycles. The van der Waals surface area contributed by atoms with Crippen LogP contribution >= 0.6 is 0 Å². The molecule has 0 spiro atoms. The van der Waals surface area contributed by atoms with Crippen LogP contribution in [0.3, 0.4) is 0 Å². The zero-order chi connectivity index (χ0) is 25.9. The van der Waals surface area contributed by atoms with E-state index in [2.05, 4.69) is 21.9 Å². The van der Waals surface area contributed by atoms with Gasteiger partial charge in [-0.15, -0.1) is 0 Å². The normalized spacial score (nSPS) is 12.4. The van der Waals surface area contributed by atoms with Crippen LogP contribution in [-0.4, -0.2) is 52.4 Å². The maximum atomic E-state index is 11.2. The van der Waals surface area contributed by atoms with E-state index in [-0.39, 0.29) is 0 Å². The van der Waals surface area contributed by atoms with E-state index >= 15 is 0 Å². The third-order valence-corrected chi connectivity index (χ3v) is 5.91. The first-order chi connectivity index (χ1) is 18.1. The smallest absolute Gasteiger partial charge is 0.407 e. The van der Waals surface area contributed by atoms with Crippen molar-refractivity contribution in [1.29, 1.82) is 0 Å². The van der Waals surface area contributed by atoms with Crippen LogP contribution in [0.5, 0.6) is 17.5 Å². The zero-order valence-corrected chi connectivity index (χ0v) is 20.8. The topological polar surface area (TPSA) is 106 Å². The van der Waals surface area contributed by atoms with Crippen molar-refractivity contribution in [3.05, 3.63) is 78.6 Å². The maximum Gasteiger partial charge on any atom is 0.407 e. The highest BCUT2D eigenvalue weighted by Crippen LogP contribution is 2.28. The molecule has 2 N–H and O–H groups in total. The number of fused-ring (bicyclic) bond motifs is 1. The second-order valence-corrected chi connectivity index (χ2v) is 8.61. The number of carboxylic acid groups (broad SMARTS) is 1. The van der Waals surface area contributed by atoms with E-state index in [1.807, 2.05) is 42.5 Å². The second kappa shape index (κ2) is 13.2. The Morgan fingerprint density at radius 3 is 2.49 bits per heavy atom. The summed E-state index contributed by atoms with van der Waals surface area (Å²) < 4.78 is 17.1. The molecule has 0 bridgehead atoms. The SMILES string of the molecule is C=CCOc1ccc(Nc2cnc(OCCCCCOc3cccc4c3CCN(C(=O)O)C4)nc2)cc1. The van der Waals surface area contributed by atoms with Gasteiger partial charge < -0.3 is 29.5 Å². The zero-order valence-electron chi connectivity index (χ0n) is 20.8. The van der Waals surface area contributed by atoms with E-state index in [0.29, 0.717) is 45.3 Å². The fourth-order valence-electron chi connectivity index (χ4n) is 4.01. The van der Waals surface area contributed by atoms with Crippen molar-refractivity contribution in [2.75, 3.05) is 31.7 Å². The quantitative estimate of drug-likeness (QED) is 0.234. The first-order valence-electron chi connectivity index (χ1n) is 12.4. The van der Waals surface area contributed by atoms with Crippen molar-refractivity contribution in [2.45, 2.75) is 32.2 Å². The summed E-state index contributed by atoms with van der Waals surface area (Å²) in [6, 6.07) is 13.8. The molecule has 194 valence electrons. The number of benzene rings is 2. The van der Waals surface area contributed by atoms with Gasteiger partial charge in [-0.2, -0.15) is 0 Å². The molecule has 9 nitrogen and oxygen atoms in total. The molecule has 1 aromatic heterocycles. The number of nitrogens with one attached hydrogen (secondary N) is 1. The van der Waals surface area contributed by atoms with Gasteiger partial charge >= 0.3 is 12.1 Å². The van der Waals surface area contributed by atoms with E-state index in [4.69, 9.17) is 14.2 Å². The number of nitrogens with zero attached hydrogens (tertiary/aromatic N) is 3. The number of amides is 1. The molecule has 2 aromatic carbocycles. The minimum Gasteiger partial charge on any atom is -0.493 e. The lowest BCUT2D eigenvalue weighted by molar-refractivity contribution is 0.139. The monoisotopic (exact) mass is 504 g/mol. The first-order valence-corrected chi connectivity index (χ1v) is 12.4. The molecule has 0 saturated carbocycles. The number of ether oxygens (including phenoxy) is 3. The summed E-state index contributed by atoms with van der Waals surface area (Å²) in [5.74, 6) is 1.64. The van der Waals surface area contributed by atoms with E-state index in [1.165, 1.54) is 4.90 Å². The third-order valence-electron chi connectivity index (χ3n) is 5.91. The molecule has 0 atom stereocenters. The Morgan fingerprint density at radius 1 is 1.00 bits per heavy atom. The Labute approximate surface area is 216 Å². The molecule has 2 heterocycles.